The summed E-state index contributed by atoms with van der Waals surface area (Å²) < 4.78 is 27.7. The molecule has 104 valence electrons. The van der Waals surface area contributed by atoms with E-state index in [0.717, 1.165) is 18.7 Å². The molecule has 1 N–H and O–H groups in total. The molecule has 1 heterocycles. The zero-order chi connectivity index (χ0) is 14.1. The molecule has 0 aromatic heterocycles. The molecule has 0 fully saturated rings. The number of anilines is 1. The monoisotopic (exact) mass is 273 g/mol. The number of rotatable bonds is 2. The van der Waals surface area contributed by atoms with Gasteiger partial charge in [0, 0.05) is 12.2 Å². The van der Waals surface area contributed by atoms with Crippen LogP contribution in [0.5, 0.6) is 0 Å². The van der Waals surface area contributed by atoms with Gasteiger partial charge in [0.05, 0.1) is 0 Å². The summed E-state index contributed by atoms with van der Waals surface area (Å²) in [5.41, 5.74) is 3.13. The number of fused-ring (bicyclic) bond motifs is 1. The summed E-state index contributed by atoms with van der Waals surface area (Å²) in [4.78, 5) is 0. The second-order valence-electron chi connectivity index (χ2n) is 5.37. The van der Waals surface area contributed by atoms with Crippen LogP contribution in [0, 0.1) is 18.6 Å². The van der Waals surface area contributed by atoms with Gasteiger partial charge < -0.3 is 5.32 Å². The van der Waals surface area contributed by atoms with Gasteiger partial charge in [-0.05, 0) is 48.4 Å². The van der Waals surface area contributed by atoms with E-state index in [1.807, 2.05) is 18.2 Å². The van der Waals surface area contributed by atoms with Gasteiger partial charge in [0.25, 0.3) is 0 Å². The lowest BCUT2D eigenvalue weighted by molar-refractivity contribution is 0.486. The molecular weight excluding hydrogens is 256 g/mol. The topological polar surface area (TPSA) is 12.0 Å². The molecule has 1 atom stereocenters. The van der Waals surface area contributed by atoms with Gasteiger partial charge in [0.2, 0.25) is 0 Å². The average molecular weight is 273 g/mol. The number of aryl methyl sites for hydroxylation is 1. The van der Waals surface area contributed by atoms with Gasteiger partial charge in [-0.25, -0.2) is 8.78 Å². The number of nitrogens with one attached hydrogen (secondary N) is 1. The minimum absolute atomic E-state index is 0.240. The molecule has 0 saturated heterocycles. The molecular formula is C17H17F2N. The van der Waals surface area contributed by atoms with Crippen molar-refractivity contribution in [2.24, 2.45) is 0 Å². The first-order valence-corrected chi connectivity index (χ1v) is 6.93. The van der Waals surface area contributed by atoms with Gasteiger partial charge in [-0.15, -0.1) is 0 Å². The van der Waals surface area contributed by atoms with Crippen molar-refractivity contribution < 1.29 is 8.78 Å². The maximum absolute atomic E-state index is 14.0. The summed E-state index contributed by atoms with van der Waals surface area (Å²) in [6, 6.07) is 11.4. The summed E-state index contributed by atoms with van der Waals surface area (Å²) in [7, 11) is 0. The molecule has 2 aromatic rings. The van der Waals surface area contributed by atoms with Crippen molar-refractivity contribution in [1.82, 2.24) is 0 Å². The van der Waals surface area contributed by atoms with Gasteiger partial charge in [0.15, 0.2) is 11.6 Å². The third-order valence-corrected chi connectivity index (χ3v) is 4.03. The summed E-state index contributed by atoms with van der Waals surface area (Å²) in [5.74, 6) is -1.17. The van der Waals surface area contributed by atoms with Gasteiger partial charge >= 0.3 is 0 Å². The summed E-state index contributed by atoms with van der Waals surface area (Å²) in [6.07, 6.45) is 1.48. The zero-order valence-corrected chi connectivity index (χ0v) is 11.4. The number of hydrogen-bond donors (Lipinski definition) is 1. The Balaban J connectivity index is 1.92. The largest absolute Gasteiger partial charge is 0.385 e. The number of hydrogen-bond acceptors (Lipinski definition) is 1. The Hall–Kier alpha value is -1.90. The van der Waals surface area contributed by atoms with E-state index in [1.165, 1.54) is 5.56 Å². The van der Waals surface area contributed by atoms with Gasteiger partial charge in [-0.3, -0.25) is 0 Å². The molecule has 0 radical (unpaired) electrons. The molecule has 1 aliphatic heterocycles. The lowest BCUT2D eigenvalue weighted by Gasteiger charge is -2.27. The van der Waals surface area contributed by atoms with Crippen LogP contribution in [0.4, 0.5) is 14.5 Å². The minimum Gasteiger partial charge on any atom is -0.385 e. The molecule has 20 heavy (non-hydrogen) atoms. The average Bonchev–Trinajstić information content (AvgIpc) is 2.48. The van der Waals surface area contributed by atoms with E-state index in [0.29, 0.717) is 17.5 Å². The molecule has 2 aromatic carbocycles. The minimum atomic E-state index is -0.718. The van der Waals surface area contributed by atoms with Crippen LogP contribution < -0.4 is 5.32 Å². The third-order valence-electron chi connectivity index (χ3n) is 4.03. The lowest BCUT2D eigenvalue weighted by Crippen LogP contribution is -2.18. The van der Waals surface area contributed by atoms with E-state index in [2.05, 4.69) is 11.4 Å². The Bertz CT molecular complexity index is 637. The summed E-state index contributed by atoms with van der Waals surface area (Å²) >= 11 is 0. The van der Waals surface area contributed by atoms with E-state index in [1.54, 1.807) is 19.1 Å². The van der Waals surface area contributed by atoms with Gasteiger partial charge in [0.1, 0.15) is 0 Å². The van der Waals surface area contributed by atoms with Crippen LogP contribution in [-0.2, 0) is 6.42 Å². The second-order valence-corrected chi connectivity index (χ2v) is 5.37. The highest BCUT2D eigenvalue weighted by Crippen LogP contribution is 2.34. The van der Waals surface area contributed by atoms with E-state index >= 15 is 0 Å². The highest BCUT2D eigenvalue weighted by Gasteiger charge is 2.22. The fraction of sp³-hybridized carbons (Fsp3) is 0.294. The fourth-order valence-electron chi connectivity index (χ4n) is 2.87. The van der Waals surface area contributed by atoms with Crippen LogP contribution >= 0.6 is 0 Å². The Labute approximate surface area is 117 Å². The van der Waals surface area contributed by atoms with Crippen molar-refractivity contribution in [2.75, 3.05) is 11.9 Å². The number of halogens is 2. The molecule has 1 nitrogen and oxygen atoms in total. The van der Waals surface area contributed by atoms with Crippen LogP contribution in [0.1, 0.15) is 29.0 Å². The molecule has 0 bridgehead atoms. The zero-order valence-electron chi connectivity index (χ0n) is 11.4. The standard InChI is InChI=1S/C17H17F2N/c1-11-6-7-13(17(19)16(11)18)10-12-8-9-20-15-5-3-2-4-14(12)15/h2-7,12,20H,8-10H2,1H3. The SMILES string of the molecule is Cc1ccc(CC2CCNc3ccccc32)c(F)c1F. The molecule has 0 spiro atoms. The van der Waals surface area contributed by atoms with Gasteiger partial charge in [-0.1, -0.05) is 30.3 Å². The molecule has 0 saturated carbocycles. The smallest absolute Gasteiger partial charge is 0.162 e. The number of benzene rings is 2. The summed E-state index contributed by atoms with van der Waals surface area (Å²) in [5, 5.41) is 3.35. The number of para-hydroxylation sites is 1. The molecule has 0 amide bonds. The van der Waals surface area contributed by atoms with Crippen molar-refractivity contribution in [1.29, 1.82) is 0 Å². The molecule has 3 heteroatoms. The van der Waals surface area contributed by atoms with Crippen molar-refractivity contribution in [3.63, 3.8) is 0 Å². The molecule has 1 aliphatic rings. The highest BCUT2D eigenvalue weighted by atomic mass is 19.2. The van der Waals surface area contributed by atoms with E-state index in [4.69, 9.17) is 0 Å². The first-order valence-electron chi connectivity index (χ1n) is 6.93. The van der Waals surface area contributed by atoms with Crippen LogP contribution in [0.15, 0.2) is 36.4 Å². The Morgan fingerprint density at radius 1 is 1.10 bits per heavy atom. The van der Waals surface area contributed by atoms with Crippen molar-refractivity contribution in [3.8, 4) is 0 Å². The van der Waals surface area contributed by atoms with Crippen molar-refractivity contribution in [3.05, 3.63) is 64.7 Å². The first kappa shape index (κ1) is 13.1. The molecule has 0 aliphatic carbocycles. The van der Waals surface area contributed by atoms with Crippen molar-refractivity contribution >= 4 is 5.69 Å². The van der Waals surface area contributed by atoms with E-state index in [9.17, 15) is 8.78 Å². The van der Waals surface area contributed by atoms with E-state index in [-0.39, 0.29) is 5.92 Å². The highest BCUT2D eigenvalue weighted by molar-refractivity contribution is 5.55. The maximum Gasteiger partial charge on any atom is 0.162 e. The molecule has 3 rings (SSSR count). The van der Waals surface area contributed by atoms with Crippen LogP contribution in [0.25, 0.3) is 0 Å². The molecule has 1 unspecified atom stereocenters. The van der Waals surface area contributed by atoms with Crippen LogP contribution in [0.2, 0.25) is 0 Å². The predicted octanol–water partition coefficient (Wildman–Crippen LogP) is 4.42. The summed E-state index contributed by atoms with van der Waals surface area (Å²) in [6.45, 7) is 2.46. The van der Waals surface area contributed by atoms with E-state index < -0.39 is 11.6 Å². The lowest BCUT2D eigenvalue weighted by atomic mass is 9.85. The third kappa shape index (κ3) is 2.28. The fourth-order valence-corrected chi connectivity index (χ4v) is 2.87. The first-order chi connectivity index (χ1) is 9.66. The van der Waals surface area contributed by atoms with Crippen LogP contribution in [-0.4, -0.2) is 6.54 Å². The quantitative estimate of drug-likeness (QED) is 0.854. The van der Waals surface area contributed by atoms with Gasteiger partial charge in [-0.2, -0.15) is 0 Å². The second kappa shape index (κ2) is 5.23. The maximum atomic E-state index is 14.0. The Morgan fingerprint density at radius 3 is 2.75 bits per heavy atom. The Kier molecular flexibility index (Phi) is 3.43. The predicted molar refractivity (Wildman–Crippen MR) is 77.1 cm³/mol. The Morgan fingerprint density at radius 2 is 1.90 bits per heavy atom. The van der Waals surface area contributed by atoms with Crippen LogP contribution in [0.3, 0.4) is 0 Å². The normalized spacial score (nSPS) is 17.4. The van der Waals surface area contributed by atoms with Crippen molar-refractivity contribution in [2.45, 2.75) is 25.7 Å².